The number of aryl methyl sites for hydroxylation is 1. The fraction of sp³-hybridized carbons (Fsp3) is 0.150. The first kappa shape index (κ1) is 16.5. The third-order valence-corrected chi connectivity index (χ3v) is 4.87. The van der Waals surface area contributed by atoms with Gasteiger partial charge < -0.3 is 4.57 Å². The van der Waals surface area contributed by atoms with Gasteiger partial charge in [0.05, 0.1) is 30.5 Å². The minimum absolute atomic E-state index is 0.178. The van der Waals surface area contributed by atoms with Gasteiger partial charge in [-0.2, -0.15) is 5.10 Å². The highest BCUT2D eigenvalue weighted by Gasteiger charge is 2.17. The van der Waals surface area contributed by atoms with Crippen LogP contribution in [0.4, 0.5) is 4.39 Å². The summed E-state index contributed by atoms with van der Waals surface area (Å²) in [5.74, 6) is -0.341. The molecule has 8 heteroatoms. The Kier molecular flexibility index (Phi) is 3.65. The molecule has 4 aromatic heterocycles. The maximum Gasteiger partial charge on any atom is 0.197 e. The Morgan fingerprint density at radius 2 is 2.00 bits per heavy atom. The van der Waals surface area contributed by atoms with E-state index in [0.717, 1.165) is 16.5 Å². The zero-order chi connectivity index (χ0) is 19.3. The molecule has 4 heterocycles. The van der Waals surface area contributed by atoms with Crippen LogP contribution in [0.15, 0.2) is 55.4 Å². The average molecular weight is 373 g/mol. The fourth-order valence-corrected chi connectivity index (χ4v) is 3.36. The molecule has 0 aliphatic heterocycles. The molecule has 0 N–H and O–H groups in total. The van der Waals surface area contributed by atoms with Crippen LogP contribution in [0.1, 0.15) is 18.5 Å². The van der Waals surface area contributed by atoms with Crippen molar-refractivity contribution in [1.82, 2.24) is 34.3 Å². The molecule has 0 amide bonds. The number of imidazole rings is 1. The van der Waals surface area contributed by atoms with Crippen LogP contribution in [0.5, 0.6) is 0 Å². The number of benzene rings is 1. The molecule has 0 aliphatic rings. The van der Waals surface area contributed by atoms with Crippen molar-refractivity contribution in [2.75, 3.05) is 0 Å². The van der Waals surface area contributed by atoms with Crippen molar-refractivity contribution in [2.24, 2.45) is 7.05 Å². The van der Waals surface area contributed by atoms with E-state index < -0.39 is 0 Å². The Morgan fingerprint density at radius 1 is 1.11 bits per heavy atom. The van der Waals surface area contributed by atoms with Crippen molar-refractivity contribution in [3.63, 3.8) is 0 Å². The standard InChI is InChI=1S/C20H16FN7/c1-12(14-6-13-4-3-5-22-18(13)16(21)7-14)28-11-24-19-20(28)26-17(9-23-19)15-8-25-27(2)10-15/h3-12H,1-2H3. The molecule has 1 unspecified atom stereocenters. The molecule has 0 saturated heterocycles. The first-order valence-electron chi connectivity index (χ1n) is 8.83. The van der Waals surface area contributed by atoms with Crippen LogP contribution < -0.4 is 0 Å². The van der Waals surface area contributed by atoms with Crippen molar-refractivity contribution in [3.05, 3.63) is 66.8 Å². The SMILES string of the molecule is CC(c1cc(F)c2ncccc2c1)n1cnc2ncc(-c3cnn(C)c3)nc21. The summed E-state index contributed by atoms with van der Waals surface area (Å²) in [6, 6.07) is 6.94. The minimum atomic E-state index is -0.341. The van der Waals surface area contributed by atoms with E-state index in [1.807, 2.05) is 36.9 Å². The van der Waals surface area contributed by atoms with Gasteiger partial charge in [-0.05, 0) is 30.7 Å². The Hall–Kier alpha value is -3.68. The number of fused-ring (bicyclic) bond motifs is 2. The van der Waals surface area contributed by atoms with Gasteiger partial charge >= 0.3 is 0 Å². The molecule has 5 aromatic rings. The van der Waals surface area contributed by atoms with E-state index in [1.165, 1.54) is 6.07 Å². The molecule has 1 aromatic carbocycles. The van der Waals surface area contributed by atoms with Gasteiger partial charge in [0.15, 0.2) is 11.3 Å². The van der Waals surface area contributed by atoms with Crippen LogP contribution >= 0.6 is 0 Å². The van der Waals surface area contributed by atoms with Crippen molar-refractivity contribution >= 4 is 22.2 Å². The predicted molar refractivity (Wildman–Crippen MR) is 103 cm³/mol. The summed E-state index contributed by atoms with van der Waals surface area (Å²) in [4.78, 5) is 17.6. The first-order chi connectivity index (χ1) is 13.6. The lowest BCUT2D eigenvalue weighted by Crippen LogP contribution is -2.07. The zero-order valence-electron chi connectivity index (χ0n) is 15.3. The van der Waals surface area contributed by atoms with Gasteiger partial charge in [0, 0.05) is 30.4 Å². The van der Waals surface area contributed by atoms with Crippen LogP contribution in [-0.2, 0) is 7.05 Å². The number of hydrogen-bond donors (Lipinski definition) is 0. The molecule has 28 heavy (non-hydrogen) atoms. The van der Waals surface area contributed by atoms with E-state index in [9.17, 15) is 4.39 Å². The third kappa shape index (κ3) is 2.61. The highest BCUT2D eigenvalue weighted by Crippen LogP contribution is 2.27. The molecule has 5 rings (SSSR count). The van der Waals surface area contributed by atoms with E-state index >= 15 is 0 Å². The summed E-state index contributed by atoms with van der Waals surface area (Å²) in [7, 11) is 1.85. The molecule has 0 bridgehead atoms. The minimum Gasteiger partial charge on any atom is -0.307 e. The van der Waals surface area contributed by atoms with Gasteiger partial charge in [0.25, 0.3) is 0 Å². The van der Waals surface area contributed by atoms with E-state index in [4.69, 9.17) is 4.98 Å². The summed E-state index contributed by atoms with van der Waals surface area (Å²) in [5, 5.41) is 4.94. The smallest absolute Gasteiger partial charge is 0.197 e. The molecule has 0 aliphatic carbocycles. The van der Waals surface area contributed by atoms with Gasteiger partial charge in [-0.1, -0.05) is 6.07 Å². The van der Waals surface area contributed by atoms with E-state index in [2.05, 4.69) is 20.1 Å². The molecular weight excluding hydrogens is 357 g/mol. The molecule has 1 atom stereocenters. The number of rotatable bonds is 3. The average Bonchev–Trinajstić information content (AvgIpc) is 3.33. The van der Waals surface area contributed by atoms with Crippen LogP contribution in [0.25, 0.3) is 33.5 Å². The van der Waals surface area contributed by atoms with Crippen LogP contribution in [-0.4, -0.2) is 34.3 Å². The van der Waals surface area contributed by atoms with Crippen LogP contribution in [0.2, 0.25) is 0 Å². The first-order valence-corrected chi connectivity index (χ1v) is 8.83. The third-order valence-electron chi connectivity index (χ3n) is 4.87. The van der Waals surface area contributed by atoms with Gasteiger partial charge in [0.2, 0.25) is 0 Å². The highest BCUT2D eigenvalue weighted by molar-refractivity contribution is 5.80. The topological polar surface area (TPSA) is 74.3 Å². The lowest BCUT2D eigenvalue weighted by atomic mass is 10.0. The van der Waals surface area contributed by atoms with Crippen molar-refractivity contribution in [1.29, 1.82) is 0 Å². The van der Waals surface area contributed by atoms with Crippen LogP contribution in [0, 0.1) is 5.82 Å². The summed E-state index contributed by atoms with van der Waals surface area (Å²) in [5.41, 5.74) is 3.95. The maximum absolute atomic E-state index is 14.5. The van der Waals surface area contributed by atoms with Gasteiger partial charge in [-0.15, -0.1) is 0 Å². The van der Waals surface area contributed by atoms with Crippen molar-refractivity contribution < 1.29 is 4.39 Å². The van der Waals surface area contributed by atoms with Crippen LogP contribution in [0.3, 0.4) is 0 Å². The Morgan fingerprint density at radius 3 is 2.82 bits per heavy atom. The molecule has 0 radical (unpaired) electrons. The van der Waals surface area contributed by atoms with Crippen molar-refractivity contribution in [3.8, 4) is 11.3 Å². The fourth-order valence-electron chi connectivity index (χ4n) is 3.36. The number of hydrogen-bond acceptors (Lipinski definition) is 5. The number of pyridine rings is 1. The monoisotopic (exact) mass is 373 g/mol. The lowest BCUT2D eigenvalue weighted by Gasteiger charge is -2.15. The van der Waals surface area contributed by atoms with Gasteiger partial charge in [-0.3, -0.25) is 9.67 Å². The predicted octanol–water partition coefficient (Wildman–Crippen LogP) is 3.52. The number of halogens is 1. The Bertz CT molecular complexity index is 1320. The molecule has 0 saturated carbocycles. The van der Waals surface area contributed by atoms with E-state index in [1.54, 1.807) is 35.7 Å². The molecular formula is C20H16FN7. The molecule has 138 valence electrons. The highest BCUT2D eigenvalue weighted by atomic mass is 19.1. The lowest BCUT2D eigenvalue weighted by molar-refractivity contribution is 0.616. The number of nitrogens with zero attached hydrogens (tertiary/aromatic N) is 7. The summed E-state index contributed by atoms with van der Waals surface area (Å²) >= 11 is 0. The number of aromatic nitrogens is 7. The second-order valence-corrected chi connectivity index (χ2v) is 6.71. The molecule has 7 nitrogen and oxygen atoms in total. The second-order valence-electron chi connectivity index (χ2n) is 6.71. The van der Waals surface area contributed by atoms with Crippen molar-refractivity contribution in [2.45, 2.75) is 13.0 Å². The Balaban J connectivity index is 1.62. The second kappa shape index (κ2) is 6.19. The summed E-state index contributed by atoms with van der Waals surface area (Å²) in [6.45, 7) is 1.98. The largest absolute Gasteiger partial charge is 0.307 e. The molecule has 0 fully saturated rings. The molecule has 0 spiro atoms. The normalized spacial score (nSPS) is 12.7. The Labute approximate surface area is 159 Å². The van der Waals surface area contributed by atoms with E-state index in [0.29, 0.717) is 22.5 Å². The summed E-state index contributed by atoms with van der Waals surface area (Å²) < 4.78 is 18.1. The van der Waals surface area contributed by atoms with E-state index in [-0.39, 0.29) is 11.9 Å². The van der Waals surface area contributed by atoms with Gasteiger partial charge in [-0.25, -0.2) is 19.3 Å². The summed E-state index contributed by atoms with van der Waals surface area (Å²) in [6.07, 6.45) is 8.58. The zero-order valence-corrected chi connectivity index (χ0v) is 15.3. The van der Waals surface area contributed by atoms with Gasteiger partial charge in [0.1, 0.15) is 11.3 Å². The maximum atomic E-state index is 14.5. The quantitative estimate of drug-likeness (QED) is 0.484.